The zero-order valence-corrected chi connectivity index (χ0v) is 15.4. The normalized spacial score (nSPS) is 11.1. The van der Waals surface area contributed by atoms with E-state index in [-0.39, 0.29) is 0 Å². The quantitative estimate of drug-likeness (QED) is 0.634. The number of halogens is 1. The van der Waals surface area contributed by atoms with Crippen molar-refractivity contribution in [2.45, 2.75) is 33.0 Å². The highest BCUT2D eigenvalue weighted by Gasteiger charge is 2.16. The average Bonchev–Trinajstić information content (AvgIpc) is 3.11. The monoisotopic (exact) mass is 366 g/mol. The van der Waals surface area contributed by atoms with Crippen molar-refractivity contribution < 1.29 is 4.42 Å². The van der Waals surface area contributed by atoms with Crippen molar-refractivity contribution >= 4 is 11.6 Å². The van der Waals surface area contributed by atoms with Gasteiger partial charge in [0.15, 0.2) is 0 Å². The van der Waals surface area contributed by atoms with Crippen LogP contribution in [0.3, 0.4) is 0 Å². The number of hydrogen-bond acceptors (Lipinski definition) is 5. The van der Waals surface area contributed by atoms with Crippen LogP contribution >= 0.6 is 11.6 Å². The smallest absolute Gasteiger partial charge is 0.247 e. The number of nitrogens with zero attached hydrogens (tertiary/aromatic N) is 4. The summed E-state index contributed by atoms with van der Waals surface area (Å²) in [6, 6.07) is 17.4. The molecule has 0 aliphatic rings. The Morgan fingerprint density at radius 2 is 1.73 bits per heavy atom. The topological polar surface area (TPSA) is 66.0 Å². The summed E-state index contributed by atoms with van der Waals surface area (Å²) in [5.74, 6) is 1.05. The Morgan fingerprint density at radius 3 is 2.35 bits per heavy atom. The molecular weight excluding hydrogens is 348 g/mol. The summed E-state index contributed by atoms with van der Waals surface area (Å²) in [5, 5.41) is 17.9. The van der Waals surface area contributed by atoms with Gasteiger partial charge in [0.2, 0.25) is 11.8 Å². The fraction of sp³-hybridized carbons (Fsp3) is 0.250. The van der Waals surface area contributed by atoms with E-state index in [0.29, 0.717) is 35.0 Å². The van der Waals surface area contributed by atoms with Crippen LogP contribution < -0.4 is 0 Å². The molecule has 26 heavy (non-hydrogen) atoms. The molecule has 3 aromatic rings. The Kier molecular flexibility index (Phi) is 5.67. The van der Waals surface area contributed by atoms with E-state index in [9.17, 15) is 0 Å². The molecular formula is C20H19ClN4O. The summed E-state index contributed by atoms with van der Waals surface area (Å²) in [7, 11) is 0. The van der Waals surface area contributed by atoms with Gasteiger partial charge in [-0.3, -0.25) is 4.90 Å². The minimum atomic E-state index is 0.302. The van der Waals surface area contributed by atoms with Crippen molar-refractivity contribution in [3.63, 3.8) is 0 Å². The second kappa shape index (κ2) is 8.13. The molecule has 1 aromatic heterocycles. The van der Waals surface area contributed by atoms with E-state index in [0.717, 1.165) is 17.7 Å². The molecule has 6 heteroatoms. The molecule has 0 amide bonds. The van der Waals surface area contributed by atoms with E-state index in [1.807, 2.05) is 36.4 Å². The van der Waals surface area contributed by atoms with E-state index < -0.39 is 0 Å². The molecule has 0 saturated carbocycles. The van der Waals surface area contributed by atoms with Crippen molar-refractivity contribution in [3.8, 4) is 17.5 Å². The molecule has 0 N–H and O–H groups in total. The molecule has 2 aromatic carbocycles. The predicted octanol–water partition coefficient (Wildman–Crippen LogP) is 4.67. The van der Waals surface area contributed by atoms with Gasteiger partial charge >= 0.3 is 0 Å². The standard InChI is InChI=1S/C20H19ClN4O/c1-14(2)25(12-16-5-3-15(11-22)4-6-16)13-19-23-24-20(26-19)17-7-9-18(21)10-8-17/h3-10,14H,12-13H2,1-2H3. The van der Waals surface area contributed by atoms with Gasteiger partial charge in [-0.05, 0) is 55.8 Å². The van der Waals surface area contributed by atoms with Gasteiger partial charge in [-0.15, -0.1) is 10.2 Å². The zero-order chi connectivity index (χ0) is 18.5. The van der Waals surface area contributed by atoms with Crippen molar-refractivity contribution in [1.29, 1.82) is 5.26 Å². The maximum absolute atomic E-state index is 8.91. The van der Waals surface area contributed by atoms with E-state index in [1.165, 1.54) is 0 Å². The molecule has 0 bridgehead atoms. The largest absolute Gasteiger partial charge is 0.419 e. The van der Waals surface area contributed by atoms with Crippen LogP contribution in [0.2, 0.25) is 5.02 Å². The molecule has 0 aliphatic carbocycles. The van der Waals surface area contributed by atoms with Gasteiger partial charge in [0.25, 0.3) is 0 Å². The van der Waals surface area contributed by atoms with Crippen molar-refractivity contribution in [1.82, 2.24) is 15.1 Å². The van der Waals surface area contributed by atoms with Gasteiger partial charge in [-0.1, -0.05) is 23.7 Å². The summed E-state index contributed by atoms with van der Waals surface area (Å²) in [6.07, 6.45) is 0. The van der Waals surface area contributed by atoms with Crippen LogP contribution in [-0.4, -0.2) is 21.1 Å². The third kappa shape index (κ3) is 4.48. The molecule has 3 rings (SSSR count). The Balaban J connectivity index is 1.72. The molecule has 0 spiro atoms. The summed E-state index contributed by atoms with van der Waals surface area (Å²) in [5.41, 5.74) is 2.64. The second-order valence-corrected chi connectivity index (χ2v) is 6.75. The van der Waals surface area contributed by atoms with Crippen LogP contribution in [0.1, 0.15) is 30.9 Å². The SMILES string of the molecule is CC(C)N(Cc1ccc(C#N)cc1)Cc1nnc(-c2ccc(Cl)cc2)o1. The highest BCUT2D eigenvalue weighted by Crippen LogP contribution is 2.21. The van der Waals surface area contributed by atoms with Crippen LogP contribution in [-0.2, 0) is 13.1 Å². The van der Waals surface area contributed by atoms with E-state index in [4.69, 9.17) is 21.3 Å². The molecule has 1 heterocycles. The molecule has 0 atom stereocenters. The van der Waals surface area contributed by atoms with Crippen molar-refractivity contribution in [2.75, 3.05) is 0 Å². The first-order valence-corrected chi connectivity index (χ1v) is 8.74. The van der Waals surface area contributed by atoms with Crippen molar-refractivity contribution in [3.05, 3.63) is 70.6 Å². The van der Waals surface area contributed by atoms with Crippen LogP contribution in [0.25, 0.3) is 11.5 Å². The predicted molar refractivity (Wildman–Crippen MR) is 100 cm³/mol. The van der Waals surface area contributed by atoms with E-state index in [1.54, 1.807) is 12.1 Å². The highest BCUT2D eigenvalue weighted by atomic mass is 35.5. The zero-order valence-electron chi connectivity index (χ0n) is 14.7. The Bertz CT molecular complexity index is 895. The van der Waals surface area contributed by atoms with E-state index in [2.05, 4.69) is 35.0 Å². The maximum Gasteiger partial charge on any atom is 0.247 e. The van der Waals surface area contributed by atoms with Gasteiger partial charge in [-0.2, -0.15) is 5.26 Å². The van der Waals surface area contributed by atoms with Gasteiger partial charge in [0.1, 0.15) is 0 Å². The number of nitriles is 1. The van der Waals surface area contributed by atoms with Crippen LogP contribution in [0.5, 0.6) is 0 Å². The fourth-order valence-electron chi connectivity index (χ4n) is 2.54. The lowest BCUT2D eigenvalue weighted by molar-refractivity contribution is 0.184. The van der Waals surface area contributed by atoms with E-state index >= 15 is 0 Å². The number of aromatic nitrogens is 2. The first-order chi connectivity index (χ1) is 12.5. The third-order valence-electron chi connectivity index (χ3n) is 4.10. The molecule has 0 fully saturated rings. The minimum absolute atomic E-state index is 0.302. The molecule has 0 radical (unpaired) electrons. The molecule has 0 unspecified atom stereocenters. The first kappa shape index (κ1) is 18.1. The Hall–Kier alpha value is -2.68. The Labute approximate surface area is 157 Å². The van der Waals surface area contributed by atoms with Gasteiger partial charge in [0, 0.05) is 23.2 Å². The molecule has 0 aliphatic heterocycles. The summed E-state index contributed by atoms with van der Waals surface area (Å²) in [4.78, 5) is 2.24. The maximum atomic E-state index is 8.91. The van der Waals surface area contributed by atoms with Crippen molar-refractivity contribution in [2.24, 2.45) is 0 Å². The summed E-state index contributed by atoms with van der Waals surface area (Å²) < 4.78 is 5.81. The van der Waals surface area contributed by atoms with Gasteiger partial charge in [-0.25, -0.2) is 0 Å². The Morgan fingerprint density at radius 1 is 1.04 bits per heavy atom. The van der Waals surface area contributed by atoms with Gasteiger partial charge < -0.3 is 4.42 Å². The first-order valence-electron chi connectivity index (χ1n) is 8.36. The van der Waals surface area contributed by atoms with Crippen LogP contribution in [0, 0.1) is 11.3 Å². The molecule has 132 valence electrons. The average molecular weight is 367 g/mol. The minimum Gasteiger partial charge on any atom is -0.419 e. The third-order valence-corrected chi connectivity index (χ3v) is 4.35. The number of rotatable bonds is 6. The lowest BCUT2D eigenvalue weighted by atomic mass is 10.1. The lowest BCUT2D eigenvalue weighted by Gasteiger charge is -2.24. The second-order valence-electron chi connectivity index (χ2n) is 6.32. The summed E-state index contributed by atoms with van der Waals surface area (Å²) in [6.45, 7) is 5.54. The van der Waals surface area contributed by atoms with Crippen LogP contribution in [0.4, 0.5) is 0 Å². The fourth-order valence-corrected chi connectivity index (χ4v) is 2.67. The van der Waals surface area contributed by atoms with Gasteiger partial charge in [0.05, 0.1) is 18.2 Å². The van der Waals surface area contributed by atoms with Crippen LogP contribution in [0.15, 0.2) is 52.9 Å². The highest BCUT2D eigenvalue weighted by molar-refractivity contribution is 6.30. The molecule has 0 saturated heterocycles. The lowest BCUT2D eigenvalue weighted by Crippen LogP contribution is -2.30. The number of benzene rings is 2. The summed E-state index contributed by atoms with van der Waals surface area (Å²) >= 11 is 5.91. The molecule has 5 nitrogen and oxygen atoms in total. The number of hydrogen-bond donors (Lipinski definition) is 0.